The van der Waals surface area contributed by atoms with Crippen molar-refractivity contribution in [3.8, 4) is 0 Å². The summed E-state index contributed by atoms with van der Waals surface area (Å²) in [6, 6.07) is 7.64. The summed E-state index contributed by atoms with van der Waals surface area (Å²) in [6.07, 6.45) is -0.711. The first-order valence-electron chi connectivity index (χ1n) is 8.56. The van der Waals surface area contributed by atoms with Gasteiger partial charge in [-0.05, 0) is 39.3 Å². The number of carbonyl (C=O) groups is 2. The molecule has 0 saturated carbocycles. The van der Waals surface area contributed by atoms with Gasteiger partial charge in [-0.25, -0.2) is 13.2 Å². The number of hydrogen-bond acceptors (Lipinski definition) is 6. The minimum atomic E-state index is -4.16. The molecule has 1 aromatic carbocycles. The highest BCUT2D eigenvalue weighted by Gasteiger charge is 2.55. The molecule has 0 aromatic heterocycles. The lowest BCUT2D eigenvalue weighted by molar-refractivity contribution is -0.136. The molecule has 8 heteroatoms. The average Bonchev–Trinajstić information content (AvgIpc) is 2.60. The zero-order chi connectivity index (χ0) is 20.5. The molecule has 0 aliphatic heterocycles. The van der Waals surface area contributed by atoms with Crippen molar-refractivity contribution in [1.29, 1.82) is 0 Å². The summed E-state index contributed by atoms with van der Waals surface area (Å²) in [6.45, 7) is 5.22. The number of rotatable bonds is 4. The molecule has 2 rings (SSSR count). The van der Waals surface area contributed by atoms with E-state index in [1.165, 1.54) is 12.1 Å². The third kappa shape index (κ3) is 4.00. The van der Waals surface area contributed by atoms with E-state index in [0.717, 1.165) is 7.11 Å². The van der Waals surface area contributed by atoms with Gasteiger partial charge in [0.15, 0.2) is 14.6 Å². The Hall–Kier alpha value is -2.35. The van der Waals surface area contributed by atoms with Gasteiger partial charge in [0.2, 0.25) is 5.91 Å². The third-order valence-electron chi connectivity index (χ3n) is 4.48. The van der Waals surface area contributed by atoms with Crippen molar-refractivity contribution in [2.24, 2.45) is 0 Å². The zero-order valence-electron chi connectivity index (χ0n) is 15.9. The fourth-order valence-corrected chi connectivity index (χ4v) is 5.05. The van der Waals surface area contributed by atoms with Crippen LogP contribution in [0.15, 0.2) is 46.6 Å². The maximum Gasteiger partial charge on any atom is 0.337 e. The number of ether oxygens (including phenoxy) is 1. The molecular formula is C19H25NO6S. The van der Waals surface area contributed by atoms with Gasteiger partial charge in [0, 0.05) is 18.4 Å². The molecule has 2 N–H and O–H groups in total. The van der Waals surface area contributed by atoms with Crippen LogP contribution < -0.4 is 5.32 Å². The molecule has 0 bridgehead atoms. The molecule has 0 heterocycles. The largest absolute Gasteiger partial charge is 0.512 e. The van der Waals surface area contributed by atoms with Crippen molar-refractivity contribution < 1.29 is 27.9 Å². The van der Waals surface area contributed by atoms with Crippen molar-refractivity contribution >= 4 is 21.7 Å². The average molecular weight is 395 g/mol. The van der Waals surface area contributed by atoms with Gasteiger partial charge in [-0.3, -0.25) is 4.79 Å². The number of methoxy groups -OCH3 is 1. The number of benzene rings is 1. The van der Waals surface area contributed by atoms with Gasteiger partial charge in [-0.15, -0.1) is 0 Å². The van der Waals surface area contributed by atoms with Crippen LogP contribution in [0.1, 0.15) is 40.0 Å². The van der Waals surface area contributed by atoms with Crippen molar-refractivity contribution in [2.45, 2.75) is 55.2 Å². The van der Waals surface area contributed by atoms with E-state index >= 15 is 0 Å². The number of aliphatic hydroxyl groups excluding tert-OH is 1. The monoisotopic (exact) mass is 395 g/mol. The molecule has 1 amide bonds. The van der Waals surface area contributed by atoms with Crippen molar-refractivity contribution in [2.75, 3.05) is 7.11 Å². The Labute approximate surface area is 159 Å². The predicted octanol–water partition coefficient (Wildman–Crippen LogP) is 2.28. The first kappa shape index (κ1) is 21.0. The molecule has 7 nitrogen and oxygen atoms in total. The lowest BCUT2D eigenvalue weighted by Crippen LogP contribution is -2.58. The van der Waals surface area contributed by atoms with E-state index in [0.29, 0.717) is 0 Å². The minimum Gasteiger partial charge on any atom is -0.512 e. The van der Waals surface area contributed by atoms with Crippen LogP contribution in [0.25, 0.3) is 0 Å². The van der Waals surface area contributed by atoms with Gasteiger partial charge in [-0.1, -0.05) is 18.2 Å². The molecule has 0 spiro atoms. The molecule has 1 aliphatic rings. The predicted molar refractivity (Wildman–Crippen MR) is 99.8 cm³/mol. The molecule has 0 fully saturated rings. The Morgan fingerprint density at radius 3 is 2.30 bits per heavy atom. The van der Waals surface area contributed by atoms with Gasteiger partial charge in [-0.2, -0.15) is 0 Å². The second-order valence-electron chi connectivity index (χ2n) is 7.61. The quantitative estimate of drug-likeness (QED) is 0.757. The summed E-state index contributed by atoms with van der Waals surface area (Å²) in [4.78, 5) is 25.2. The summed E-state index contributed by atoms with van der Waals surface area (Å²) in [5, 5.41) is 12.8. The second kappa shape index (κ2) is 7.34. The van der Waals surface area contributed by atoms with E-state index in [1.54, 1.807) is 39.0 Å². The van der Waals surface area contributed by atoms with Crippen LogP contribution in [-0.2, 0) is 24.2 Å². The summed E-state index contributed by atoms with van der Waals surface area (Å²) < 4.78 is 29.7. The highest BCUT2D eigenvalue weighted by molar-refractivity contribution is 7.93. The maximum absolute atomic E-state index is 13.5. The first-order chi connectivity index (χ1) is 12.4. The molecule has 27 heavy (non-hydrogen) atoms. The number of aliphatic hydroxyl groups is 1. The number of esters is 1. The van der Waals surface area contributed by atoms with Crippen molar-refractivity contribution in [1.82, 2.24) is 5.32 Å². The Bertz CT molecular complexity index is 867. The maximum atomic E-state index is 13.5. The fraction of sp³-hybridized carbons (Fsp3) is 0.474. The normalized spacial score (nSPS) is 20.9. The van der Waals surface area contributed by atoms with Crippen LogP contribution in [0, 0.1) is 0 Å². The molecule has 1 atom stereocenters. The number of amides is 1. The number of carbonyl (C=O) groups excluding carboxylic acids is 2. The molecular weight excluding hydrogens is 370 g/mol. The van der Waals surface area contributed by atoms with E-state index < -0.39 is 38.4 Å². The van der Waals surface area contributed by atoms with Crippen LogP contribution in [0.3, 0.4) is 0 Å². The second-order valence-corrected chi connectivity index (χ2v) is 9.87. The van der Waals surface area contributed by atoms with Crippen LogP contribution in [0.4, 0.5) is 0 Å². The Morgan fingerprint density at radius 1 is 1.19 bits per heavy atom. The Kier molecular flexibility index (Phi) is 5.70. The number of hydrogen-bond donors (Lipinski definition) is 2. The molecule has 1 unspecified atom stereocenters. The van der Waals surface area contributed by atoms with Gasteiger partial charge in [0.1, 0.15) is 5.76 Å². The molecule has 0 radical (unpaired) electrons. The van der Waals surface area contributed by atoms with Crippen LogP contribution in [0.5, 0.6) is 0 Å². The van der Waals surface area contributed by atoms with E-state index in [1.807, 2.05) is 0 Å². The fourth-order valence-electron chi connectivity index (χ4n) is 3.09. The van der Waals surface area contributed by atoms with Gasteiger partial charge >= 0.3 is 5.97 Å². The molecule has 148 valence electrons. The van der Waals surface area contributed by atoms with E-state index in [2.05, 4.69) is 10.1 Å². The highest BCUT2D eigenvalue weighted by atomic mass is 32.2. The zero-order valence-corrected chi connectivity index (χ0v) is 16.7. The first-order valence-corrected chi connectivity index (χ1v) is 10.0. The van der Waals surface area contributed by atoms with Crippen LogP contribution in [0.2, 0.25) is 0 Å². The lowest BCUT2D eigenvalue weighted by atomic mass is 9.85. The number of allylic oxidation sites excluding steroid dienone is 1. The summed E-state index contributed by atoms with van der Waals surface area (Å²) >= 11 is 0. The standard InChI is InChI=1S/C19H25NO6S/c1-18(2,3)20-17(23)19(27(24,25)13-8-6-5-7-9-13)11-10-15(21)14(12-19)16(22)26-4/h5-9,21H,10-12H2,1-4H3,(H,20,23). The van der Waals surface area contributed by atoms with Gasteiger partial charge in [0.25, 0.3) is 0 Å². The van der Waals surface area contributed by atoms with Crippen molar-refractivity contribution in [3.05, 3.63) is 41.7 Å². The Balaban J connectivity index is 2.65. The summed E-state index contributed by atoms with van der Waals surface area (Å²) in [7, 11) is -3.02. The third-order valence-corrected chi connectivity index (χ3v) is 6.93. The summed E-state index contributed by atoms with van der Waals surface area (Å²) in [5.41, 5.74) is -0.863. The van der Waals surface area contributed by atoms with Gasteiger partial charge in [0.05, 0.1) is 17.6 Å². The minimum absolute atomic E-state index is 0.0142. The summed E-state index contributed by atoms with van der Waals surface area (Å²) in [5.74, 6) is -1.79. The topological polar surface area (TPSA) is 110 Å². The van der Waals surface area contributed by atoms with E-state index in [-0.39, 0.29) is 29.1 Å². The number of nitrogens with one attached hydrogen (secondary N) is 1. The smallest absolute Gasteiger partial charge is 0.337 e. The molecule has 1 aromatic rings. The highest BCUT2D eigenvalue weighted by Crippen LogP contribution is 2.42. The van der Waals surface area contributed by atoms with Crippen LogP contribution >= 0.6 is 0 Å². The Morgan fingerprint density at radius 2 is 1.78 bits per heavy atom. The molecule has 0 saturated heterocycles. The van der Waals surface area contributed by atoms with Crippen LogP contribution in [-0.4, -0.2) is 42.8 Å². The SMILES string of the molecule is COC(=O)C1=C(O)CCC(C(=O)NC(C)(C)C)(S(=O)(=O)c2ccccc2)C1. The number of sulfone groups is 1. The van der Waals surface area contributed by atoms with E-state index in [9.17, 15) is 23.1 Å². The lowest BCUT2D eigenvalue weighted by Gasteiger charge is -2.37. The van der Waals surface area contributed by atoms with Gasteiger partial charge < -0.3 is 15.2 Å². The van der Waals surface area contributed by atoms with E-state index in [4.69, 9.17) is 0 Å². The molecule has 1 aliphatic carbocycles. The van der Waals surface area contributed by atoms with Crippen molar-refractivity contribution in [3.63, 3.8) is 0 Å².